The number of methoxy groups -OCH3 is 1. The Hall–Kier alpha value is -2.60. The lowest BCUT2D eigenvalue weighted by atomic mass is 9.87. The van der Waals surface area contributed by atoms with Crippen molar-refractivity contribution in [1.29, 1.82) is 0 Å². The van der Waals surface area contributed by atoms with Crippen LogP contribution in [-0.2, 0) is 19.4 Å². The first-order chi connectivity index (χ1) is 12.1. The molecule has 0 bridgehead atoms. The summed E-state index contributed by atoms with van der Waals surface area (Å²) in [5.41, 5.74) is 1.86. The largest absolute Gasteiger partial charge is 0.497 e. The molecule has 5 nitrogen and oxygen atoms in total. The highest BCUT2D eigenvalue weighted by Gasteiger charge is 2.41. The van der Waals surface area contributed by atoms with Crippen LogP contribution in [0.25, 0.3) is 11.1 Å². The SMILES string of the molecule is COc1ccc(C2=C(c3ccc(S(C)(=O)=O)cc3)C(C)(C)OC2=O)cc1. The van der Waals surface area contributed by atoms with Crippen LogP contribution in [0.2, 0.25) is 0 Å². The number of ether oxygens (including phenoxy) is 2. The maximum Gasteiger partial charge on any atom is 0.340 e. The zero-order chi connectivity index (χ0) is 19.1. The Kier molecular flexibility index (Phi) is 4.40. The van der Waals surface area contributed by atoms with E-state index < -0.39 is 21.4 Å². The van der Waals surface area contributed by atoms with Gasteiger partial charge in [-0.1, -0.05) is 24.3 Å². The van der Waals surface area contributed by atoms with Gasteiger partial charge in [0.2, 0.25) is 0 Å². The van der Waals surface area contributed by atoms with Crippen LogP contribution in [-0.4, -0.2) is 33.4 Å². The first kappa shape index (κ1) is 18.2. The van der Waals surface area contributed by atoms with Crippen LogP contribution in [0, 0.1) is 0 Å². The van der Waals surface area contributed by atoms with Gasteiger partial charge in [0.05, 0.1) is 17.6 Å². The highest BCUT2D eigenvalue weighted by atomic mass is 32.2. The monoisotopic (exact) mass is 372 g/mol. The summed E-state index contributed by atoms with van der Waals surface area (Å²) in [5.74, 6) is 0.293. The molecular formula is C20H20O5S. The average Bonchev–Trinajstić information content (AvgIpc) is 2.83. The van der Waals surface area contributed by atoms with Crippen molar-refractivity contribution in [3.63, 3.8) is 0 Å². The average molecular weight is 372 g/mol. The molecule has 1 heterocycles. The number of esters is 1. The van der Waals surface area contributed by atoms with Crippen molar-refractivity contribution in [2.45, 2.75) is 24.3 Å². The zero-order valence-electron chi connectivity index (χ0n) is 15.1. The molecule has 0 spiro atoms. The lowest BCUT2D eigenvalue weighted by molar-refractivity contribution is -0.141. The summed E-state index contributed by atoms with van der Waals surface area (Å²) in [6.07, 6.45) is 1.16. The molecule has 3 rings (SSSR count). The number of sulfone groups is 1. The van der Waals surface area contributed by atoms with Crippen molar-refractivity contribution < 1.29 is 22.7 Å². The molecule has 0 radical (unpaired) electrons. The van der Waals surface area contributed by atoms with Crippen LogP contribution in [0.15, 0.2) is 53.4 Å². The number of carbonyl (C=O) groups excluding carboxylic acids is 1. The summed E-state index contributed by atoms with van der Waals surface area (Å²) < 4.78 is 34.1. The molecule has 1 aliphatic rings. The van der Waals surface area contributed by atoms with E-state index in [1.54, 1.807) is 43.5 Å². The van der Waals surface area contributed by atoms with Gasteiger partial charge in [0, 0.05) is 11.8 Å². The fourth-order valence-electron chi connectivity index (χ4n) is 3.12. The lowest BCUT2D eigenvalue weighted by Gasteiger charge is -2.21. The molecule has 0 atom stereocenters. The topological polar surface area (TPSA) is 69.7 Å². The normalized spacial score (nSPS) is 16.5. The number of rotatable bonds is 4. The van der Waals surface area contributed by atoms with E-state index in [9.17, 15) is 13.2 Å². The van der Waals surface area contributed by atoms with Crippen LogP contribution in [0.4, 0.5) is 0 Å². The number of hydrogen-bond acceptors (Lipinski definition) is 5. The lowest BCUT2D eigenvalue weighted by Crippen LogP contribution is -2.22. The van der Waals surface area contributed by atoms with Crippen molar-refractivity contribution in [2.75, 3.05) is 13.4 Å². The molecule has 0 unspecified atom stereocenters. The maximum atomic E-state index is 12.5. The summed E-state index contributed by atoms with van der Waals surface area (Å²) in [4.78, 5) is 12.8. The van der Waals surface area contributed by atoms with E-state index in [1.165, 1.54) is 0 Å². The minimum atomic E-state index is -3.28. The van der Waals surface area contributed by atoms with E-state index in [0.29, 0.717) is 11.3 Å². The van der Waals surface area contributed by atoms with E-state index >= 15 is 0 Å². The quantitative estimate of drug-likeness (QED) is 0.770. The van der Waals surface area contributed by atoms with Crippen molar-refractivity contribution in [1.82, 2.24) is 0 Å². The second-order valence-corrected chi connectivity index (χ2v) is 8.69. The van der Waals surface area contributed by atoms with Gasteiger partial charge in [-0.3, -0.25) is 0 Å². The zero-order valence-corrected chi connectivity index (χ0v) is 15.9. The molecule has 0 N–H and O–H groups in total. The smallest absolute Gasteiger partial charge is 0.340 e. The Balaban J connectivity index is 2.17. The van der Waals surface area contributed by atoms with Gasteiger partial charge in [0.25, 0.3) is 0 Å². The second kappa shape index (κ2) is 6.29. The molecule has 0 saturated carbocycles. The van der Waals surface area contributed by atoms with Gasteiger partial charge in [0.15, 0.2) is 9.84 Å². The predicted octanol–water partition coefficient (Wildman–Crippen LogP) is 3.34. The molecule has 0 fully saturated rings. The molecule has 0 aromatic heterocycles. The van der Waals surface area contributed by atoms with E-state index in [2.05, 4.69) is 0 Å². The van der Waals surface area contributed by atoms with E-state index in [1.807, 2.05) is 26.0 Å². The van der Waals surface area contributed by atoms with Crippen LogP contribution in [0.1, 0.15) is 25.0 Å². The van der Waals surface area contributed by atoms with E-state index in [4.69, 9.17) is 9.47 Å². The van der Waals surface area contributed by atoms with Crippen molar-refractivity contribution in [3.05, 3.63) is 59.7 Å². The van der Waals surface area contributed by atoms with Gasteiger partial charge in [-0.25, -0.2) is 13.2 Å². The highest BCUT2D eigenvalue weighted by Crippen LogP contribution is 2.44. The van der Waals surface area contributed by atoms with Crippen molar-refractivity contribution in [2.24, 2.45) is 0 Å². The van der Waals surface area contributed by atoms with Crippen molar-refractivity contribution in [3.8, 4) is 5.75 Å². The van der Waals surface area contributed by atoms with Gasteiger partial charge < -0.3 is 9.47 Å². The molecule has 1 aliphatic heterocycles. The predicted molar refractivity (Wildman–Crippen MR) is 99.5 cm³/mol. The minimum absolute atomic E-state index is 0.232. The summed E-state index contributed by atoms with van der Waals surface area (Å²) in [5, 5.41) is 0. The van der Waals surface area contributed by atoms with Crippen LogP contribution < -0.4 is 4.74 Å². The van der Waals surface area contributed by atoms with Gasteiger partial charge in [-0.2, -0.15) is 0 Å². The maximum absolute atomic E-state index is 12.5. The Labute approximate surface area is 153 Å². The fraction of sp³-hybridized carbons (Fsp3) is 0.250. The molecule has 26 heavy (non-hydrogen) atoms. The summed E-state index contributed by atoms with van der Waals surface area (Å²) in [7, 11) is -1.70. The summed E-state index contributed by atoms with van der Waals surface area (Å²) in [6, 6.07) is 13.7. The third kappa shape index (κ3) is 3.24. The Bertz CT molecular complexity index is 982. The van der Waals surface area contributed by atoms with Crippen LogP contribution >= 0.6 is 0 Å². The molecule has 6 heteroatoms. The number of hydrogen-bond donors (Lipinski definition) is 0. The first-order valence-corrected chi connectivity index (χ1v) is 9.95. The molecule has 136 valence electrons. The number of benzene rings is 2. The molecule has 0 amide bonds. The Morgan fingerprint density at radius 3 is 1.96 bits per heavy atom. The highest BCUT2D eigenvalue weighted by molar-refractivity contribution is 7.90. The van der Waals surface area contributed by atoms with Gasteiger partial charge in [0.1, 0.15) is 11.4 Å². The van der Waals surface area contributed by atoms with Crippen molar-refractivity contribution >= 4 is 27.0 Å². The minimum Gasteiger partial charge on any atom is -0.497 e. The van der Waals surface area contributed by atoms with E-state index in [-0.39, 0.29) is 4.90 Å². The Morgan fingerprint density at radius 1 is 0.923 bits per heavy atom. The third-order valence-corrected chi connectivity index (χ3v) is 5.48. The number of carbonyl (C=O) groups is 1. The van der Waals surface area contributed by atoms with Gasteiger partial charge >= 0.3 is 5.97 Å². The second-order valence-electron chi connectivity index (χ2n) is 6.67. The third-order valence-electron chi connectivity index (χ3n) is 4.35. The molecule has 0 aliphatic carbocycles. The van der Waals surface area contributed by atoms with Gasteiger partial charge in [-0.15, -0.1) is 0 Å². The summed E-state index contributed by atoms with van der Waals surface area (Å²) in [6.45, 7) is 3.64. The van der Waals surface area contributed by atoms with Crippen LogP contribution in [0.3, 0.4) is 0 Å². The van der Waals surface area contributed by atoms with Crippen LogP contribution in [0.5, 0.6) is 5.75 Å². The molecular weight excluding hydrogens is 352 g/mol. The van der Waals surface area contributed by atoms with E-state index in [0.717, 1.165) is 23.0 Å². The first-order valence-electron chi connectivity index (χ1n) is 8.06. The summed E-state index contributed by atoms with van der Waals surface area (Å²) >= 11 is 0. The fourth-order valence-corrected chi connectivity index (χ4v) is 3.75. The molecule has 2 aromatic rings. The number of cyclic esters (lactones) is 1. The van der Waals surface area contributed by atoms with Gasteiger partial charge in [-0.05, 0) is 49.2 Å². The molecule has 0 saturated heterocycles. The molecule has 2 aromatic carbocycles. The standard InChI is InChI=1S/C20H20O5S/c1-20(2)18(14-7-11-16(12-8-14)26(4,22)23)17(19(21)25-20)13-5-9-15(24-3)10-6-13/h5-12H,1-4H3. The Morgan fingerprint density at radius 2 is 1.46 bits per heavy atom.